The first kappa shape index (κ1) is 13.2. The van der Waals surface area contributed by atoms with Gasteiger partial charge in [-0.05, 0) is 19.4 Å². The lowest BCUT2D eigenvalue weighted by Gasteiger charge is -2.16. The molecule has 0 bridgehead atoms. The molecule has 2 unspecified atom stereocenters. The van der Waals surface area contributed by atoms with Gasteiger partial charge in [-0.15, -0.1) is 0 Å². The van der Waals surface area contributed by atoms with Crippen LogP contribution in [0.1, 0.15) is 19.4 Å². The summed E-state index contributed by atoms with van der Waals surface area (Å²) >= 11 is 0. The molecule has 0 spiro atoms. The number of aldehydes is 1. The van der Waals surface area contributed by atoms with Crippen LogP contribution in [0.5, 0.6) is 0 Å². The summed E-state index contributed by atoms with van der Waals surface area (Å²) in [4.78, 5) is 10.9. The summed E-state index contributed by atoms with van der Waals surface area (Å²) in [6, 6.07) is 9.87. The minimum absolute atomic E-state index is 0.332. The Labute approximate surface area is 107 Å². The van der Waals surface area contributed by atoms with E-state index < -0.39 is 11.9 Å². The lowest BCUT2D eigenvalue weighted by Crippen LogP contribution is -2.28. The van der Waals surface area contributed by atoms with Gasteiger partial charge in [-0.1, -0.05) is 30.3 Å². The zero-order valence-electron chi connectivity index (χ0n) is 10.7. The fourth-order valence-electron chi connectivity index (χ4n) is 1.97. The Morgan fingerprint density at radius 2 is 2.00 bits per heavy atom. The third-order valence-corrected chi connectivity index (χ3v) is 2.75. The molecule has 0 N–H and O–H groups in total. The molecule has 0 amide bonds. The van der Waals surface area contributed by atoms with Crippen LogP contribution in [0, 0.1) is 0 Å². The maximum absolute atomic E-state index is 10.9. The lowest BCUT2D eigenvalue weighted by molar-refractivity contribution is -0.153. The Morgan fingerprint density at radius 1 is 1.28 bits per heavy atom. The summed E-state index contributed by atoms with van der Waals surface area (Å²) in [6.07, 6.45) is -0.109. The number of ether oxygens (including phenoxy) is 3. The van der Waals surface area contributed by atoms with Crippen LogP contribution in [0.25, 0.3) is 0 Å². The molecule has 2 rings (SSSR count). The van der Waals surface area contributed by atoms with E-state index in [-0.39, 0.29) is 6.10 Å². The summed E-state index contributed by atoms with van der Waals surface area (Å²) in [6.45, 7) is 4.44. The van der Waals surface area contributed by atoms with Gasteiger partial charge in [0.15, 0.2) is 12.1 Å². The molecular weight excluding hydrogens is 232 g/mol. The van der Waals surface area contributed by atoms with Gasteiger partial charge >= 0.3 is 0 Å². The number of benzene rings is 1. The van der Waals surface area contributed by atoms with E-state index in [1.807, 2.05) is 30.3 Å². The largest absolute Gasteiger partial charge is 0.374 e. The average Bonchev–Trinajstić information content (AvgIpc) is 2.65. The summed E-state index contributed by atoms with van der Waals surface area (Å²) in [7, 11) is 0. The molecule has 1 aliphatic heterocycles. The molecular formula is C14H18O4. The highest BCUT2D eigenvalue weighted by atomic mass is 16.8. The molecule has 0 saturated carbocycles. The van der Waals surface area contributed by atoms with E-state index >= 15 is 0 Å². The van der Waals surface area contributed by atoms with E-state index in [1.54, 1.807) is 13.8 Å². The van der Waals surface area contributed by atoms with Gasteiger partial charge in [0.1, 0.15) is 12.2 Å². The minimum Gasteiger partial charge on any atom is -0.374 e. The summed E-state index contributed by atoms with van der Waals surface area (Å²) in [5.41, 5.74) is 1.10. The highest BCUT2D eigenvalue weighted by Crippen LogP contribution is 2.27. The molecule has 4 nitrogen and oxygen atoms in total. The summed E-state index contributed by atoms with van der Waals surface area (Å²) in [5, 5.41) is 0. The molecule has 1 aromatic rings. The van der Waals surface area contributed by atoms with E-state index in [9.17, 15) is 4.79 Å². The van der Waals surface area contributed by atoms with Gasteiger partial charge in [-0.2, -0.15) is 0 Å². The Balaban J connectivity index is 1.81. The van der Waals surface area contributed by atoms with Crippen molar-refractivity contribution in [1.29, 1.82) is 0 Å². The van der Waals surface area contributed by atoms with E-state index in [1.165, 1.54) is 0 Å². The first-order chi connectivity index (χ1) is 8.61. The fourth-order valence-corrected chi connectivity index (χ4v) is 1.97. The van der Waals surface area contributed by atoms with Crippen LogP contribution >= 0.6 is 0 Å². The Hall–Kier alpha value is -1.23. The highest BCUT2D eigenvalue weighted by Gasteiger charge is 2.41. The second kappa shape index (κ2) is 5.61. The number of hydrogen-bond acceptors (Lipinski definition) is 4. The quantitative estimate of drug-likeness (QED) is 0.749. The van der Waals surface area contributed by atoms with Gasteiger partial charge in [0.25, 0.3) is 0 Å². The fraction of sp³-hybridized carbons (Fsp3) is 0.500. The first-order valence-corrected chi connectivity index (χ1v) is 6.03. The second-order valence-electron chi connectivity index (χ2n) is 4.78. The van der Waals surface area contributed by atoms with Crippen molar-refractivity contribution in [3.05, 3.63) is 35.9 Å². The van der Waals surface area contributed by atoms with Crippen molar-refractivity contribution in [2.75, 3.05) is 6.61 Å². The molecule has 98 valence electrons. The van der Waals surface area contributed by atoms with Gasteiger partial charge in [0.2, 0.25) is 0 Å². The zero-order chi connectivity index (χ0) is 13.0. The minimum atomic E-state index is -0.716. The van der Waals surface area contributed by atoms with Crippen molar-refractivity contribution >= 4 is 6.29 Å². The number of rotatable bonds is 5. The van der Waals surface area contributed by atoms with Crippen molar-refractivity contribution < 1.29 is 19.0 Å². The van der Waals surface area contributed by atoms with Crippen LogP contribution in [0.4, 0.5) is 0 Å². The number of carbonyl (C=O) groups is 1. The Morgan fingerprint density at radius 3 is 2.67 bits per heavy atom. The third-order valence-electron chi connectivity index (χ3n) is 2.75. The molecule has 1 aromatic carbocycles. The average molecular weight is 250 g/mol. The van der Waals surface area contributed by atoms with Gasteiger partial charge in [-0.3, -0.25) is 0 Å². The molecule has 1 fully saturated rings. The molecule has 0 radical (unpaired) electrons. The monoisotopic (exact) mass is 250 g/mol. The van der Waals surface area contributed by atoms with Crippen LogP contribution < -0.4 is 0 Å². The smallest absolute Gasteiger partial charge is 0.164 e. The predicted octanol–water partition coefficient (Wildman–Crippen LogP) is 1.92. The third kappa shape index (κ3) is 3.38. The van der Waals surface area contributed by atoms with Crippen molar-refractivity contribution in [1.82, 2.24) is 0 Å². The first-order valence-electron chi connectivity index (χ1n) is 6.03. The normalized spacial score (nSPS) is 26.1. The number of carbonyl (C=O) groups excluding carboxylic acids is 1. The second-order valence-corrected chi connectivity index (χ2v) is 4.78. The van der Waals surface area contributed by atoms with Crippen LogP contribution in [0.3, 0.4) is 0 Å². The molecule has 0 aliphatic carbocycles. The van der Waals surface area contributed by atoms with E-state index in [0.717, 1.165) is 11.8 Å². The zero-order valence-corrected chi connectivity index (χ0v) is 10.7. The maximum atomic E-state index is 10.9. The van der Waals surface area contributed by atoms with E-state index in [2.05, 4.69) is 0 Å². The number of hydrogen-bond donors (Lipinski definition) is 0. The van der Waals surface area contributed by atoms with Crippen molar-refractivity contribution in [2.24, 2.45) is 0 Å². The van der Waals surface area contributed by atoms with Crippen LogP contribution in [0.2, 0.25) is 0 Å². The Bertz CT molecular complexity index is 388. The molecule has 2 atom stereocenters. The van der Waals surface area contributed by atoms with E-state index in [4.69, 9.17) is 14.2 Å². The van der Waals surface area contributed by atoms with Crippen molar-refractivity contribution in [3.8, 4) is 0 Å². The molecule has 4 heteroatoms. The van der Waals surface area contributed by atoms with Gasteiger partial charge in [-0.25, -0.2) is 0 Å². The molecule has 1 heterocycles. The van der Waals surface area contributed by atoms with Crippen LogP contribution in [-0.2, 0) is 25.6 Å². The molecule has 1 aliphatic rings. The maximum Gasteiger partial charge on any atom is 0.164 e. The van der Waals surface area contributed by atoms with Crippen LogP contribution in [0.15, 0.2) is 30.3 Å². The van der Waals surface area contributed by atoms with Crippen molar-refractivity contribution in [3.63, 3.8) is 0 Å². The van der Waals surface area contributed by atoms with Crippen LogP contribution in [-0.4, -0.2) is 30.9 Å². The standard InChI is InChI=1S/C14H18O4/c1-14(2)17-12(8-15)13(18-14)10-16-9-11-6-4-3-5-7-11/h3-8,12-13H,9-10H2,1-2H3. The Kier molecular flexibility index (Phi) is 4.11. The van der Waals surface area contributed by atoms with Gasteiger partial charge in [0, 0.05) is 0 Å². The summed E-state index contributed by atoms with van der Waals surface area (Å²) < 4.78 is 16.6. The topological polar surface area (TPSA) is 44.8 Å². The molecule has 0 aromatic heterocycles. The van der Waals surface area contributed by atoms with Gasteiger partial charge in [0.05, 0.1) is 13.2 Å². The van der Waals surface area contributed by atoms with Gasteiger partial charge < -0.3 is 19.0 Å². The molecule has 1 saturated heterocycles. The lowest BCUT2D eigenvalue weighted by atomic mass is 10.2. The SMILES string of the molecule is CC1(C)OC(C=O)C(COCc2ccccc2)O1. The molecule has 18 heavy (non-hydrogen) atoms. The highest BCUT2D eigenvalue weighted by molar-refractivity contribution is 5.57. The van der Waals surface area contributed by atoms with E-state index in [0.29, 0.717) is 13.2 Å². The van der Waals surface area contributed by atoms with Crippen molar-refractivity contribution in [2.45, 2.75) is 38.4 Å². The predicted molar refractivity (Wildman–Crippen MR) is 66.0 cm³/mol. The summed E-state index contributed by atoms with van der Waals surface area (Å²) in [5.74, 6) is -0.716.